The minimum Gasteiger partial charge on any atom is -0.353 e. The maximum atomic E-state index is 11.5. The molecule has 2 amide bonds. The molecule has 0 saturated heterocycles. The second kappa shape index (κ2) is 7.26. The molecule has 0 spiro atoms. The van der Waals surface area contributed by atoms with Crippen LogP contribution in [0.4, 0.5) is 0 Å². The summed E-state index contributed by atoms with van der Waals surface area (Å²) in [5.41, 5.74) is 0. The van der Waals surface area contributed by atoms with Crippen LogP contribution >= 0.6 is 0 Å². The van der Waals surface area contributed by atoms with Crippen molar-refractivity contribution in [2.45, 2.75) is 46.1 Å². The quantitative estimate of drug-likeness (QED) is 0.674. The number of nitrogens with one attached hydrogen (secondary N) is 1. The van der Waals surface area contributed by atoms with E-state index in [1.807, 2.05) is 13.8 Å². The van der Waals surface area contributed by atoms with Crippen LogP contribution in [0.5, 0.6) is 0 Å². The van der Waals surface area contributed by atoms with Crippen LogP contribution in [0.15, 0.2) is 0 Å². The summed E-state index contributed by atoms with van der Waals surface area (Å²) < 4.78 is 0. The topological polar surface area (TPSA) is 49.4 Å². The molecular formula is C11H22N2O2. The molecule has 4 nitrogen and oxygen atoms in total. The van der Waals surface area contributed by atoms with Crippen molar-refractivity contribution in [2.75, 3.05) is 13.6 Å². The van der Waals surface area contributed by atoms with Crippen LogP contribution in [0, 0.1) is 0 Å². The first-order chi connectivity index (χ1) is 6.97. The Morgan fingerprint density at radius 2 is 1.93 bits per heavy atom. The van der Waals surface area contributed by atoms with Gasteiger partial charge in [-0.25, -0.2) is 0 Å². The van der Waals surface area contributed by atoms with Crippen LogP contribution in [0.2, 0.25) is 0 Å². The first-order valence-corrected chi connectivity index (χ1v) is 5.50. The molecule has 15 heavy (non-hydrogen) atoms. The monoisotopic (exact) mass is 214 g/mol. The Kier molecular flexibility index (Phi) is 6.75. The standard InChI is InChI=1S/C11H22N2O2/c1-5-6-7-13(4)11(15)8-10(14)12-9(2)3/h9H,5-8H2,1-4H3,(H,12,14). The van der Waals surface area contributed by atoms with Gasteiger partial charge in [0.05, 0.1) is 0 Å². The molecule has 1 N–H and O–H groups in total. The molecule has 0 heterocycles. The summed E-state index contributed by atoms with van der Waals surface area (Å²) in [6, 6.07) is 0.0891. The van der Waals surface area contributed by atoms with Gasteiger partial charge in [0.25, 0.3) is 0 Å². The van der Waals surface area contributed by atoms with Gasteiger partial charge < -0.3 is 10.2 Å². The van der Waals surface area contributed by atoms with Gasteiger partial charge in [0, 0.05) is 19.6 Å². The predicted molar refractivity (Wildman–Crippen MR) is 60.4 cm³/mol. The summed E-state index contributed by atoms with van der Waals surface area (Å²) in [7, 11) is 1.74. The summed E-state index contributed by atoms with van der Waals surface area (Å²) in [6.45, 7) is 6.56. The molecule has 0 atom stereocenters. The second-order valence-electron chi connectivity index (χ2n) is 4.07. The summed E-state index contributed by atoms with van der Waals surface area (Å²) in [6.07, 6.45) is 1.99. The fourth-order valence-electron chi connectivity index (χ4n) is 1.17. The molecule has 0 aromatic heterocycles. The van der Waals surface area contributed by atoms with Gasteiger partial charge in [-0.05, 0) is 20.3 Å². The van der Waals surface area contributed by atoms with E-state index in [4.69, 9.17) is 0 Å². The van der Waals surface area contributed by atoms with Crippen LogP contribution in [-0.2, 0) is 9.59 Å². The Labute approximate surface area is 92.0 Å². The molecule has 0 aliphatic rings. The molecule has 0 radical (unpaired) electrons. The summed E-state index contributed by atoms with van der Waals surface area (Å²) in [4.78, 5) is 24.4. The number of carbonyl (C=O) groups is 2. The zero-order chi connectivity index (χ0) is 11.8. The van der Waals surface area contributed by atoms with Crippen molar-refractivity contribution < 1.29 is 9.59 Å². The lowest BCUT2D eigenvalue weighted by molar-refractivity contribution is -0.135. The highest BCUT2D eigenvalue weighted by molar-refractivity contribution is 5.96. The number of hydrogen-bond donors (Lipinski definition) is 1. The molecule has 0 aliphatic carbocycles. The Morgan fingerprint density at radius 1 is 1.33 bits per heavy atom. The van der Waals surface area contributed by atoms with Gasteiger partial charge in [-0.3, -0.25) is 9.59 Å². The van der Waals surface area contributed by atoms with Gasteiger partial charge >= 0.3 is 0 Å². The molecule has 0 aromatic carbocycles. The van der Waals surface area contributed by atoms with Gasteiger partial charge in [0.1, 0.15) is 6.42 Å². The number of carbonyl (C=O) groups excluding carboxylic acids is 2. The van der Waals surface area contributed by atoms with Gasteiger partial charge in [-0.2, -0.15) is 0 Å². The molecule has 0 rings (SSSR count). The second-order valence-corrected chi connectivity index (χ2v) is 4.07. The van der Waals surface area contributed by atoms with Crippen LogP contribution in [0.25, 0.3) is 0 Å². The smallest absolute Gasteiger partial charge is 0.231 e. The Balaban J connectivity index is 3.85. The largest absolute Gasteiger partial charge is 0.353 e. The van der Waals surface area contributed by atoms with Crippen LogP contribution in [0.1, 0.15) is 40.0 Å². The highest BCUT2D eigenvalue weighted by Crippen LogP contribution is 1.96. The van der Waals surface area contributed by atoms with Crippen molar-refractivity contribution in [3.05, 3.63) is 0 Å². The number of rotatable bonds is 6. The molecule has 0 aromatic rings. The zero-order valence-corrected chi connectivity index (χ0v) is 10.2. The first kappa shape index (κ1) is 13.9. The Morgan fingerprint density at radius 3 is 2.40 bits per heavy atom. The minimum absolute atomic E-state index is 0.0433. The van der Waals surface area contributed by atoms with E-state index in [-0.39, 0.29) is 24.3 Å². The van der Waals surface area contributed by atoms with Crippen LogP contribution < -0.4 is 5.32 Å². The van der Waals surface area contributed by atoms with Crippen molar-refractivity contribution in [1.82, 2.24) is 10.2 Å². The Hall–Kier alpha value is -1.06. The predicted octanol–water partition coefficient (Wildman–Crippen LogP) is 1.16. The van der Waals surface area contributed by atoms with E-state index < -0.39 is 0 Å². The van der Waals surface area contributed by atoms with Crippen molar-refractivity contribution in [3.63, 3.8) is 0 Å². The minimum atomic E-state index is -0.196. The molecule has 88 valence electrons. The molecule has 0 unspecified atom stereocenters. The summed E-state index contributed by atoms with van der Waals surface area (Å²) in [5, 5.41) is 2.70. The van der Waals surface area contributed by atoms with Crippen molar-refractivity contribution in [1.29, 1.82) is 0 Å². The molecule has 0 saturated carbocycles. The molecule has 0 aliphatic heterocycles. The SMILES string of the molecule is CCCCN(C)C(=O)CC(=O)NC(C)C. The van der Waals surface area contributed by atoms with Gasteiger partial charge in [0.15, 0.2) is 0 Å². The Bertz CT molecular complexity index is 215. The van der Waals surface area contributed by atoms with Crippen molar-refractivity contribution >= 4 is 11.8 Å². The zero-order valence-electron chi connectivity index (χ0n) is 10.2. The van der Waals surface area contributed by atoms with E-state index in [1.54, 1.807) is 11.9 Å². The lowest BCUT2D eigenvalue weighted by Crippen LogP contribution is -2.36. The highest BCUT2D eigenvalue weighted by Gasteiger charge is 2.13. The van der Waals surface area contributed by atoms with E-state index in [0.717, 1.165) is 19.4 Å². The molecule has 4 heteroatoms. The van der Waals surface area contributed by atoms with E-state index in [1.165, 1.54) is 0 Å². The fraction of sp³-hybridized carbons (Fsp3) is 0.818. The van der Waals surface area contributed by atoms with E-state index in [0.29, 0.717) is 0 Å². The van der Waals surface area contributed by atoms with Gasteiger partial charge in [-0.1, -0.05) is 13.3 Å². The first-order valence-electron chi connectivity index (χ1n) is 5.50. The lowest BCUT2D eigenvalue weighted by atomic mass is 10.3. The number of hydrogen-bond acceptors (Lipinski definition) is 2. The average Bonchev–Trinajstić information content (AvgIpc) is 2.12. The van der Waals surface area contributed by atoms with Gasteiger partial charge in [0.2, 0.25) is 11.8 Å². The third-order valence-corrected chi connectivity index (χ3v) is 2.03. The molecular weight excluding hydrogens is 192 g/mol. The van der Waals surface area contributed by atoms with E-state index in [9.17, 15) is 9.59 Å². The van der Waals surface area contributed by atoms with Crippen molar-refractivity contribution in [2.24, 2.45) is 0 Å². The lowest BCUT2D eigenvalue weighted by Gasteiger charge is -2.16. The van der Waals surface area contributed by atoms with Crippen molar-refractivity contribution in [3.8, 4) is 0 Å². The summed E-state index contributed by atoms with van der Waals surface area (Å²) >= 11 is 0. The van der Waals surface area contributed by atoms with E-state index >= 15 is 0 Å². The molecule has 0 bridgehead atoms. The number of amides is 2. The van der Waals surface area contributed by atoms with Crippen LogP contribution in [-0.4, -0.2) is 36.3 Å². The average molecular weight is 214 g/mol. The van der Waals surface area contributed by atoms with Crippen LogP contribution in [0.3, 0.4) is 0 Å². The third-order valence-electron chi connectivity index (χ3n) is 2.03. The number of nitrogens with zero attached hydrogens (tertiary/aromatic N) is 1. The van der Waals surface area contributed by atoms with E-state index in [2.05, 4.69) is 12.2 Å². The highest BCUT2D eigenvalue weighted by atomic mass is 16.2. The number of unbranched alkanes of at least 4 members (excludes halogenated alkanes) is 1. The maximum absolute atomic E-state index is 11.5. The maximum Gasteiger partial charge on any atom is 0.231 e. The third kappa shape index (κ3) is 6.94. The fourth-order valence-corrected chi connectivity index (χ4v) is 1.17. The normalized spacial score (nSPS) is 10.2. The molecule has 0 fully saturated rings. The summed E-state index contributed by atoms with van der Waals surface area (Å²) in [5.74, 6) is -0.306. The van der Waals surface area contributed by atoms with Gasteiger partial charge in [-0.15, -0.1) is 0 Å².